The number of hydrogen-bond donors (Lipinski definition) is 1. The molecule has 0 radical (unpaired) electrons. The number of esters is 1. The number of carbonyl (C=O) groups is 2. The SMILES string of the molecule is Cc1cc(C(=O)OCC(=O)N[C@@H]2CCCC[C@H]2C)on1. The molecule has 1 aliphatic rings. The van der Waals surface area contributed by atoms with Gasteiger partial charge in [-0.2, -0.15) is 0 Å². The highest BCUT2D eigenvalue weighted by Gasteiger charge is 2.23. The molecule has 1 saturated carbocycles. The van der Waals surface area contributed by atoms with Crippen LogP contribution < -0.4 is 5.32 Å². The van der Waals surface area contributed by atoms with E-state index in [0.29, 0.717) is 11.6 Å². The summed E-state index contributed by atoms with van der Waals surface area (Å²) in [5, 5.41) is 6.51. The molecule has 0 saturated heterocycles. The van der Waals surface area contributed by atoms with Gasteiger partial charge in [0.05, 0.1) is 5.69 Å². The Morgan fingerprint density at radius 1 is 1.45 bits per heavy atom. The maximum atomic E-state index is 11.8. The number of nitrogens with zero attached hydrogens (tertiary/aromatic N) is 1. The van der Waals surface area contributed by atoms with Crippen molar-refractivity contribution in [1.82, 2.24) is 10.5 Å². The third-order valence-electron chi connectivity index (χ3n) is 3.62. The molecule has 1 aliphatic carbocycles. The first-order chi connectivity index (χ1) is 9.56. The molecule has 0 aliphatic heterocycles. The lowest BCUT2D eigenvalue weighted by atomic mass is 9.86. The van der Waals surface area contributed by atoms with Crippen LogP contribution in [0.4, 0.5) is 0 Å². The van der Waals surface area contributed by atoms with E-state index in [1.165, 1.54) is 12.5 Å². The summed E-state index contributed by atoms with van der Waals surface area (Å²) in [6, 6.07) is 1.66. The smallest absolute Gasteiger partial charge is 0.377 e. The summed E-state index contributed by atoms with van der Waals surface area (Å²) in [4.78, 5) is 23.3. The minimum absolute atomic E-state index is 0.0151. The highest BCUT2D eigenvalue weighted by atomic mass is 16.6. The largest absolute Gasteiger partial charge is 0.450 e. The zero-order valence-corrected chi connectivity index (χ0v) is 11.8. The Kier molecular flexibility index (Phi) is 4.76. The van der Waals surface area contributed by atoms with E-state index in [0.717, 1.165) is 19.3 Å². The van der Waals surface area contributed by atoms with Gasteiger partial charge >= 0.3 is 5.97 Å². The predicted molar refractivity (Wildman–Crippen MR) is 71.1 cm³/mol. The van der Waals surface area contributed by atoms with Crippen LogP contribution in [0.15, 0.2) is 10.6 Å². The third-order valence-corrected chi connectivity index (χ3v) is 3.62. The maximum absolute atomic E-state index is 11.8. The van der Waals surface area contributed by atoms with Crippen molar-refractivity contribution in [2.75, 3.05) is 6.61 Å². The Labute approximate surface area is 117 Å². The Bertz CT molecular complexity index is 483. The molecule has 6 nitrogen and oxygen atoms in total. The fourth-order valence-corrected chi connectivity index (χ4v) is 2.44. The molecule has 0 spiro atoms. The fourth-order valence-electron chi connectivity index (χ4n) is 2.44. The summed E-state index contributed by atoms with van der Waals surface area (Å²) in [6.07, 6.45) is 4.46. The zero-order chi connectivity index (χ0) is 14.5. The summed E-state index contributed by atoms with van der Waals surface area (Å²) in [5.41, 5.74) is 0.595. The van der Waals surface area contributed by atoms with Crippen LogP contribution in [0.3, 0.4) is 0 Å². The number of aromatic nitrogens is 1. The lowest BCUT2D eigenvalue weighted by molar-refractivity contribution is -0.125. The highest BCUT2D eigenvalue weighted by Crippen LogP contribution is 2.23. The van der Waals surface area contributed by atoms with E-state index in [-0.39, 0.29) is 24.3 Å². The van der Waals surface area contributed by atoms with Gasteiger partial charge in [-0.25, -0.2) is 4.79 Å². The second-order valence-electron chi connectivity index (χ2n) is 5.34. The van der Waals surface area contributed by atoms with Gasteiger partial charge in [0.2, 0.25) is 5.76 Å². The van der Waals surface area contributed by atoms with Crippen LogP contribution >= 0.6 is 0 Å². The van der Waals surface area contributed by atoms with Crippen LogP contribution in [0.5, 0.6) is 0 Å². The molecule has 1 N–H and O–H groups in total. The monoisotopic (exact) mass is 280 g/mol. The first-order valence-electron chi connectivity index (χ1n) is 6.96. The lowest BCUT2D eigenvalue weighted by Crippen LogP contribution is -2.42. The van der Waals surface area contributed by atoms with Crippen molar-refractivity contribution in [2.24, 2.45) is 5.92 Å². The molecule has 2 atom stereocenters. The number of hydrogen-bond acceptors (Lipinski definition) is 5. The van der Waals surface area contributed by atoms with E-state index in [1.807, 2.05) is 0 Å². The molecule has 6 heteroatoms. The van der Waals surface area contributed by atoms with Gasteiger partial charge in [-0.15, -0.1) is 0 Å². The molecule has 2 rings (SSSR count). The van der Waals surface area contributed by atoms with Crippen molar-refractivity contribution in [2.45, 2.75) is 45.6 Å². The first-order valence-corrected chi connectivity index (χ1v) is 6.96. The zero-order valence-electron chi connectivity index (χ0n) is 11.8. The van der Waals surface area contributed by atoms with Gasteiger partial charge in [0.15, 0.2) is 6.61 Å². The van der Waals surface area contributed by atoms with Gasteiger partial charge in [-0.1, -0.05) is 24.9 Å². The average molecular weight is 280 g/mol. The van der Waals surface area contributed by atoms with Crippen LogP contribution in [0.1, 0.15) is 48.9 Å². The number of amides is 1. The van der Waals surface area contributed by atoms with E-state index in [2.05, 4.69) is 17.4 Å². The van der Waals surface area contributed by atoms with E-state index in [1.54, 1.807) is 6.92 Å². The number of ether oxygens (including phenoxy) is 1. The molecule has 20 heavy (non-hydrogen) atoms. The number of carbonyl (C=O) groups excluding carboxylic acids is 2. The molecular weight excluding hydrogens is 260 g/mol. The maximum Gasteiger partial charge on any atom is 0.377 e. The molecule has 1 fully saturated rings. The lowest BCUT2D eigenvalue weighted by Gasteiger charge is -2.29. The van der Waals surface area contributed by atoms with E-state index in [4.69, 9.17) is 9.26 Å². The average Bonchev–Trinajstić information content (AvgIpc) is 2.85. The van der Waals surface area contributed by atoms with Gasteiger partial charge in [0.25, 0.3) is 5.91 Å². The Balaban J connectivity index is 1.76. The van der Waals surface area contributed by atoms with Crippen molar-refractivity contribution in [3.05, 3.63) is 17.5 Å². The molecule has 1 aromatic rings. The van der Waals surface area contributed by atoms with Gasteiger partial charge in [-0.3, -0.25) is 4.79 Å². The van der Waals surface area contributed by atoms with Crippen molar-refractivity contribution >= 4 is 11.9 Å². The first kappa shape index (κ1) is 14.6. The second kappa shape index (κ2) is 6.54. The molecular formula is C14H20N2O4. The molecule has 0 bridgehead atoms. The standard InChI is InChI=1S/C14H20N2O4/c1-9-5-3-4-6-11(9)15-13(17)8-19-14(18)12-7-10(2)16-20-12/h7,9,11H,3-6,8H2,1-2H3,(H,15,17)/t9-,11-/m1/s1. The van der Waals surface area contributed by atoms with Crippen molar-refractivity contribution in [1.29, 1.82) is 0 Å². The summed E-state index contributed by atoms with van der Waals surface area (Å²) in [6.45, 7) is 3.55. The van der Waals surface area contributed by atoms with E-state index >= 15 is 0 Å². The van der Waals surface area contributed by atoms with Crippen LogP contribution in [0.2, 0.25) is 0 Å². The normalized spacial score (nSPS) is 22.3. The molecule has 1 aromatic heterocycles. The summed E-state index contributed by atoms with van der Waals surface area (Å²) >= 11 is 0. The Morgan fingerprint density at radius 3 is 2.85 bits per heavy atom. The predicted octanol–water partition coefficient (Wildman–Crippen LogP) is 1.83. The van der Waals surface area contributed by atoms with Gasteiger partial charge in [0, 0.05) is 12.1 Å². The van der Waals surface area contributed by atoms with E-state index in [9.17, 15) is 9.59 Å². The summed E-state index contributed by atoms with van der Waals surface area (Å²) in [7, 11) is 0. The summed E-state index contributed by atoms with van der Waals surface area (Å²) in [5.74, 6) is -0.451. The number of nitrogens with one attached hydrogen (secondary N) is 1. The van der Waals surface area contributed by atoms with Crippen molar-refractivity contribution in [3.8, 4) is 0 Å². The van der Waals surface area contributed by atoms with Crippen LogP contribution in [-0.2, 0) is 9.53 Å². The quantitative estimate of drug-likeness (QED) is 0.851. The Hall–Kier alpha value is -1.85. The van der Waals surface area contributed by atoms with Crippen LogP contribution in [-0.4, -0.2) is 29.7 Å². The highest BCUT2D eigenvalue weighted by molar-refractivity contribution is 5.88. The van der Waals surface area contributed by atoms with Crippen molar-refractivity contribution in [3.63, 3.8) is 0 Å². The topological polar surface area (TPSA) is 81.4 Å². The van der Waals surface area contributed by atoms with Gasteiger partial charge in [-0.05, 0) is 25.7 Å². The van der Waals surface area contributed by atoms with Gasteiger partial charge in [0.1, 0.15) is 0 Å². The molecule has 0 aromatic carbocycles. The molecule has 0 unspecified atom stereocenters. The number of aryl methyl sites for hydroxylation is 1. The molecule has 1 heterocycles. The molecule has 1 amide bonds. The Morgan fingerprint density at radius 2 is 2.20 bits per heavy atom. The summed E-state index contributed by atoms with van der Waals surface area (Å²) < 4.78 is 9.66. The molecule has 110 valence electrons. The minimum Gasteiger partial charge on any atom is -0.450 e. The second-order valence-corrected chi connectivity index (χ2v) is 5.34. The number of rotatable bonds is 4. The van der Waals surface area contributed by atoms with E-state index < -0.39 is 5.97 Å². The fraction of sp³-hybridized carbons (Fsp3) is 0.643. The van der Waals surface area contributed by atoms with Gasteiger partial charge < -0.3 is 14.6 Å². The van der Waals surface area contributed by atoms with Crippen LogP contribution in [0, 0.1) is 12.8 Å². The third kappa shape index (κ3) is 3.82. The van der Waals surface area contributed by atoms with Crippen LogP contribution in [0.25, 0.3) is 0 Å². The van der Waals surface area contributed by atoms with Crippen molar-refractivity contribution < 1.29 is 18.8 Å². The minimum atomic E-state index is -0.669.